The van der Waals surface area contributed by atoms with Gasteiger partial charge in [-0.15, -0.1) is 0 Å². The molecular weight excluding hydrogens is 425 g/mol. The van der Waals surface area contributed by atoms with Crippen molar-refractivity contribution in [3.05, 3.63) is 94.4 Å². The predicted octanol–water partition coefficient (Wildman–Crippen LogP) is 4.72. The van der Waals surface area contributed by atoms with Crippen LogP contribution in [0.15, 0.2) is 73.1 Å². The van der Waals surface area contributed by atoms with Gasteiger partial charge in [0.15, 0.2) is 18.2 Å². The van der Waals surface area contributed by atoms with Crippen molar-refractivity contribution in [1.82, 2.24) is 19.6 Å². The van der Waals surface area contributed by atoms with E-state index >= 15 is 0 Å². The predicted molar refractivity (Wildman–Crippen MR) is 115 cm³/mol. The standard InChI is InChI=1S/C21H17Cl2N5O2/c22-16-8-4-5-9-19(16)30-14-27-11-10-18(25-27)21(29)24-20-17(23)13-28(26-20)12-15-6-2-1-3-7-15/h1-11,13H,12,14H2,(H,24,26,29). The molecule has 0 radical (unpaired) electrons. The summed E-state index contributed by atoms with van der Waals surface area (Å²) in [6.45, 7) is 0.661. The minimum atomic E-state index is -0.418. The Morgan fingerprint density at radius 3 is 2.50 bits per heavy atom. The Morgan fingerprint density at radius 2 is 1.70 bits per heavy atom. The van der Waals surface area contributed by atoms with E-state index in [4.69, 9.17) is 27.9 Å². The lowest BCUT2D eigenvalue weighted by atomic mass is 10.2. The molecule has 2 heterocycles. The summed E-state index contributed by atoms with van der Waals surface area (Å²) in [5, 5.41) is 12.1. The Labute approximate surface area is 182 Å². The molecular formula is C21H17Cl2N5O2. The average molecular weight is 442 g/mol. The molecule has 0 spiro atoms. The Bertz CT molecular complexity index is 1160. The Balaban J connectivity index is 1.38. The largest absolute Gasteiger partial charge is 0.470 e. The molecule has 1 amide bonds. The fourth-order valence-corrected chi connectivity index (χ4v) is 3.14. The zero-order valence-corrected chi connectivity index (χ0v) is 17.2. The van der Waals surface area contributed by atoms with Gasteiger partial charge in [0.25, 0.3) is 5.91 Å². The van der Waals surface area contributed by atoms with Gasteiger partial charge in [0.2, 0.25) is 0 Å². The zero-order valence-electron chi connectivity index (χ0n) is 15.7. The van der Waals surface area contributed by atoms with Crippen LogP contribution in [0.5, 0.6) is 5.75 Å². The van der Waals surface area contributed by atoms with Gasteiger partial charge in [-0.3, -0.25) is 9.48 Å². The first-order chi connectivity index (χ1) is 14.6. The third-order valence-corrected chi connectivity index (χ3v) is 4.79. The molecule has 7 nitrogen and oxygen atoms in total. The normalized spacial score (nSPS) is 10.7. The molecule has 0 saturated carbocycles. The Morgan fingerprint density at radius 1 is 0.933 bits per heavy atom. The highest BCUT2D eigenvalue weighted by atomic mass is 35.5. The number of anilines is 1. The van der Waals surface area contributed by atoms with E-state index in [1.54, 1.807) is 35.3 Å². The fraction of sp³-hybridized carbons (Fsp3) is 0.0952. The van der Waals surface area contributed by atoms with Gasteiger partial charge < -0.3 is 10.1 Å². The second-order valence-electron chi connectivity index (χ2n) is 6.41. The van der Waals surface area contributed by atoms with Crippen LogP contribution in [0.25, 0.3) is 0 Å². The fourth-order valence-electron chi connectivity index (χ4n) is 2.76. The summed E-state index contributed by atoms with van der Waals surface area (Å²) in [5.41, 5.74) is 1.29. The highest BCUT2D eigenvalue weighted by molar-refractivity contribution is 6.33. The number of nitrogens with one attached hydrogen (secondary N) is 1. The van der Waals surface area contributed by atoms with Crippen LogP contribution in [-0.4, -0.2) is 25.5 Å². The molecule has 0 saturated heterocycles. The first-order valence-corrected chi connectivity index (χ1v) is 9.83. The maximum absolute atomic E-state index is 12.5. The summed E-state index contributed by atoms with van der Waals surface area (Å²) in [6, 6.07) is 18.6. The maximum Gasteiger partial charge on any atom is 0.277 e. The van der Waals surface area contributed by atoms with Crippen LogP contribution in [0.2, 0.25) is 10.0 Å². The van der Waals surface area contributed by atoms with Crippen molar-refractivity contribution in [2.75, 3.05) is 5.32 Å². The topological polar surface area (TPSA) is 74.0 Å². The van der Waals surface area contributed by atoms with Gasteiger partial charge in [-0.2, -0.15) is 10.2 Å². The zero-order chi connectivity index (χ0) is 20.9. The molecule has 0 aliphatic heterocycles. The number of para-hydroxylation sites is 1. The van der Waals surface area contributed by atoms with Crippen LogP contribution in [0.1, 0.15) is 16.1 Å². The van der Waals surface area contributed by atoms with Gasteiger partial charge in [-0.05, 0) is 23.8 Å². The molecule has 152 valence electrons. The number of nitrogens with zero attached hydrogens (tertiary/aromatic N) is 4. The van der Waals surface area contributed by atoms with Crippen molar-refractivity contribution in [1.29, 1.82) is 0 Å². The lowest BCUT2D eigenvalue weighted by molar-refractivity contribution is 0.101. The van der Waals surface area contributed by atoms with Crippen LogP contribution >= 0.6 is 23.2 Å². The molecule has 2 aromatic carbocycles. The van der Waals surface area contributed by atoms with E-state index in [9.17, 15) is 4.79 Å². The van der Waals surface area contributed by atoms with E-state index < -0.39 is 5.91 Å². The van der Waals surface area contributed by atoms with Gasteiger partial charge in [0.1, 0.15) is 10.8 Å². The average Bonchev–Trinajstić information content (AvgIpc) is 3.35. The van der Waals surface area contributed by atoms with E-state index in [0.29, 0.717) is 22.3 Å². The van der Waals surface area contributed by atoms with Crippen molar-refractivity contribution in [3.8, 4) is 5.75 Å². The molecule has 0 bridgehead atoms. The third-order valence-electron chi connectivity index (χ3n) is 4.20. The lowest BCUT2D eigenvalue weighted by Gasteiger charge is -2.07. The van der Waals surface area contributed by atoms with E-state index in [-0.39, 0.29) is 18.2 Å². The second kappa shape index (κ2) is 9.02. The summed E-state index contributed by atoms with van der Waals surface area (Å²) in [4.78, 5) is 12.5. The van der Waals surface area contributed by atoms with Gasteiger partial charge in [0, 0.05) is 12.4 Å². The first-order valence-electron chi connectivity index (χ1n) is 9.07. The molecule has 0 aliphatic rings. The summed E-state index contributed by atoms with van der Waals surface area (Å²) >= 11 is 12.3. The quantitative estimate of drug-likeness (QED) is 0.450. The number of carbonyl (C=O) groups is 1. The van der Waals surface area contributed by atoms with Gasteiger partial charge in [-0.25, -0.2) is 4.68 Å². The van der Waals surface area contributed by atoms with Crippen molar-refractivity contribution in [2.45, 2.75) is 13.3 Å². The first kappa shape index (κ1) is 20.0. The van der Waals surface area contributed by atoms with Gasteiger partial charge >= 0.3 is 0 Å². The van der Waals surface area contributed by atoms with Crippen LogP contribution < -0.4 is 10.1 Å². The monoisotopic (exact) mass is 441 g/mol. The molecule has 0 atom stereocenters. The van der Waals surface area contributed by atoms with E-state index in [1.165, 1.54) is 4.68 Å². The molecule has 30 heavy (non-hydrogen) atoms. The molecule has 0 aliphatic carbocycles. The van der Waals surface area contributed by atoms with Crippen LogP contribution in [-0.2, 0) is 13.3 Å². The second-order valence-corrected chi connectivity index (χ2v) is 7.22. The number of hydrogen-bond donors (Lipinski definition) is 1. The minimum absolute atomic E-state index is 0.115. The van der Waals surface area contributed by atoms with Crippen molar-refractivity contribution >= 4 is 34.9 Å². The lowest BCUT2D eigenvalue weighted by Crippen LogP contribution is -2.15. The highest BCUT2D eigenvalue weighted by Gasteiger charge is 2.15. The van der Waals surface area contributed by atoms with Crippen molar-refractivity contribution in [2.24, 2.45) is 0 Å². The van der Waals surface area contributed by atoms with Crippen molar-refractivity contribution < 1.29 is 9.53 Å². The summed E-state index contributed by atoms with van der Waals surface area (Å²) < 4.78 is 8.78. The minimum Gasteiger partial charge on any atom is -0.470 e. The maximum atomic E-state index is 12.5. The van der Waals surface area contributed by atoms with Crippen LogP contribution in [0, 0.1) is 0 Å². The summed E-state index contributed by atoms with van der Waals surface area (Å²) in [7, 11) is 0. The molecule has 0 fully saturated rings. The molecule has 4 aromatic rings. The van der Waals surface area contributed by atoms with Crippen LogP contribution in [0.3, 0.4) is 0 Å². The van der Waals surface area contributed by atoms with Gasteiger partial charge in [-0.1, -0.05) is 65.7 Å². The number of halogens is 2. The summed E-state index contributed by atoms with van der Waals surface area (Å²) in [6.07, 6.45) is 3.31. The number of amides is 1. The van der Waals surface area contributed by atoms with Gasteiger partial charge in [0.05, 0.1) is 11.6 Å². The van der Waals surface area contributed by atoms with E-state index in [0.717, 1.165) is 5.56 Å². The number of benzene rings is 2. The SMILES string of the molecule is O=C(Nc1nn(Cc2ccccc2)cc1Cl)c1ccn(COc2ccccc2Cl)n1. The van der Waals surface area contributed by atoms with E-state index in [2.05, 4.69) is 15.5 Å². The summed E-state index contributed by atoms with van der Waals surface area (Å²) in [5.74, 6) is 0.397. The van der Waals surface area contributed by atoms with Crippen molar-refractivity contribution in [3.63, 3.8) is 0 Å². The highest BCUT2D eigenvalue weighted by Crippen LogP contribution is 2.23. The van der Waals surface area contributed by atoms with E-state index in [1.807, 2.05) is 42.5 Å². The number of rotatable bonds is 7. The third kappa shape index (κ3) is 4.82. The number of aromatic nitrogens is 4. The number of hydrogen-bond acceptors (Lipinski definition) is 4. The molecule has 9 heteroatoms. The Hall–Kier alpha value is -3.29. The Kier molecular flexibility index (Phi) is 6.02. The number of ether oxygens (including phenoxy) is 1. The smallest absolute Gasteiger partial charge is 0.277 e. The molecule has 4 rings (SSSR count). The number of carbonyl (C=O) groups excluding carboxylic acids is 1. The molecule has 2 aromatic heterocycles. The molecule has 0 unspecified atom stereocenters. The van der Waals surface area contributed by atoms with Crippen LogP contribution in [0.4, 0.5) is 5.82 Å². The molecule has 1 N–H and O–H groups in total.